The van der Waals surface area contributed by atoms with Crippen molar-refractivity contribution in [2.45, 2.75) is 78.0 Å². The lowest BCUT2D eigenvalue weighted by Crippen LogP contribution is -2.44. The van der Waals surface area contributed by atoms with E-state index >= 15 is 0 Å². The molecule has 0 amide bonds. The molecular formula is C16H31NO. The fourth-order valence-electron chi connectivity index (χ4n) is 3.35. The van der Waals surface area contributed by atoms with Crippen molar-refractivity contribution in [3.05, 3.63) is 0 Å². The van der Waals surface area contributed by atoms with Gasteiger partial charge < -0.3 is 10.1 Å². The van der Waals surface area contributed by atoms with Gasteiger partial charge in [-0.25, -0.2) is 0 Å². The number of ether oxygens (including phenoxy) is 1. The molecule has 1 aliphatic carbocycles. The first-order valence-electron chi connectivity index (χ1n) is 7.94. The average molecular weight is 253 g/mol. The van der Waals surface area contributed by atoms with Crippen LogP contribution in [0.1, 0.15) is 59.8 Å². The maximum absolute atomic E-state index is 5.94. The highest BCUT2D eigenvalue weighted by atomic mass is 16.5. The molecule has 2 nitrogen and oxygen atoms in total. The average Bonchev–Trinajstić information content (AvgIpc) is 2.98. The first-order chi connectivity index (χ1) is 8.56. The first-order valence-corrected chi connectivity index (χ1v) is 7.94. The zero-order chi connectivity index (χ0) is 13.1. The van der Waals surface area contributed by atoms with E-state index in [1.165, 1.54) is 32.1 Å². The zero-order valence-corrected chi connectivity index (χ0v) is 12.6. The Kier molecular flexibility index (Phi) is 5.08. The summed E-state index contributed by atoms with van der Waals surface area (Å²) in [5.74, 6) is 2.43. The van der Waals surface area contributed by atoms with Crippen LogP contribution in [0, 0.1) is 17.8 Å². The molecular weight excluding hydrogens is 222 g/mol. The van der Waals surface area contributed by atoms with Crippen molar-refractivity contribution in [1.82, 2.24) is 5.32 Å². The van der Waals surface area contributed by atoms with Crippen LogP contribution in [0.25, 0.3) is 0 Å². The standard InChI is InChI=1S/C16H31NO/c1-11(2)9-14(10-12(3)4)17-15-7-8-18-16(15)13-5-6-13/h11-17H,5-10H2,1-4H3. The van der Waals surface area contributed by atoms with Gasteiger partial charge in [0.05, 0.1) is 6.10 Å². The number of rotatable bonds is 7. The van der Waals surface area contributed by atoms with Crippen LogP contribution in [0.5, 0.6) is 0 Å². The first kappa shape index (κ1) is 14.3. The molecule has 1 aliphatic heterocycles. The quantitative estimate of drug-likeness (QED) is 0.748. The summed E-state index contributed by atoms with van der Waals surface area (Å²) in [4.78, 5) is 0. The Labute approximate surface area is 113 Å². The molecule has 18 heavy (non-hydrogen) atoms. The summed E-state index contributed by atoms with van der Waals surface area (Å²) in [5, 5.41) is 3.93. The molecule has 1 saturated carbocycles. The molecule has 0 bridgehead atoms. The van der Waals surface area contributed by atoms with E-state index in [4.69, 9.17) is 4.74 Å². The van der Waals surface area contributed by atoms with E-state index in [1.54, 1.807) is 0 Å². The van der Waals surface area contributed by atoms with Crippen LogP contribution >= 0.6 is 0 Å². The van der Waals surface area contributed by atoms with Gasteiger partial charge in [-0.15, -0.1) is 0 Å². The van der Waals surface area contributed by atoms with Crippen LogP contribution in [0.3, 0.4) is 0 Å². The van der Waals surface area contributed by atoms with Gasteiger partial charge in [-0.2, -0.15) is 0 Å². The molecule has 2 heteroatoms. The highest BCUT2D eigenvalue weighted by Crippen LogP contribution is 2.39. The number of nitrogens with one attached hydrogen (secondary N) is 1. The summed E-state index contributed by atoms with van der Waals surface area (Å²) in [6.07, 6.45) is 7.11. The summed E-state index contributed by atoms with van der Waals surface area (Å²) in [5.41, 5.74) is 0. The molecule has 2 unspecified atom stereocenters. The molecule has 106 valence electrons. The van der Waals surface area contributed by atoms with Crippen molar-refractivity contribution in [2.75, 3.05) is 6.61 Å². The molecule has 0 aromatic rings. The van der Waals surface area contributed by atoms with E-state index in [2.05, 4.69) is 33.0 Å². The van der Waals surface area contributed by atoms with Gasteiger partial charge in [0.2, 0.25) is 0 Å². The van der Waals surface area contributed by atoms with Gasteiger partial charge in [-0.3, -0.25) is 0 Å². The topological polar surface area (TPSA) is 21.3 Å². The molecule has 1 N–H and O–H groups in total. The lowest BCUT2D eigenvalue weighted by atomic mass is 9.94. The van der Waals surface area contributed by atoms with Crippen LogP contribution < -0.4 is 5.32 Å². The Morgan fingerprint density at radius 1 is 1.00 bits per heavy atom. The minimum Gasteiger partial charge on any atom is -0.376 e. The molecule has 1 saturated heterocycles. The van der Waals surface area contributed by atoms with Crippen molar-refractivity contribution in [3.63, 3.8) is 0 Å². The van der Waals surface area contributed by atoms with E-state index in [-0.39, 0.29) is 0 Å². The Balaban J connectivity index is 1.85. The molecule has 2 fully saturated rings. The van der Waals surface area contributed by atoms with Gasteiger partial charge in [0.1, 0.15) is 0 Å². The smallest absolute Gasteiger partial charge is 0.0757 e. The second kappa shape index (κ2) is 6.38. The second-order valence-electron chi connectivity index (χ2n) is 7.19. The number of hydrogen-bond donors (Lipinski definition) is 1. The maximum Gasteiger partial charge on any atom is 0.0757 e. The van der Waals surface area contributed by atoms with Crippen molar-refractivity contribution in [1.29, 1.82) is 0 Å². The number of hydrogen-bond acceptors (Lipinski definition) is 2. The summed E-state index contributed by atoms with van der Waals surface area (Å²) in [6.45, 7) is 10.3. The van der Waals surface area contributed by atoms with Gasteiger partial charge >= 0.3 is 0 Å². The van der Waals surface area contributed by atoms with Gasteiger partial charge in [0, 0.05) is 18.7 Å². The lowest BCUT2D eigenvalue weighted by Gasteiger charge is -2.28. The molecule has 2 atom stereocenters. The molecule has 0 aromatic carbocycles. The van der Waals surface area contributed by atoms with Crippen LogP contribution in [-0.4, -0.2) is 24.8 Å². The van der Waals surface area contributed by atoms with Crippen molar-refractivity contribution >= 4 is 0 Å². The molecule has 2 rings (SSSR count). The Morgan fingerprint density at radius 2 is 1.61 bits per heavy atom. The van der Waals surface area contributed by atoms with Crippen LogP contribution in [0.4, 0.5) is 0 Å². The van der Waals surface area contributed by atoms with Crippen molar-refractivity contribution < 1.29 is 4.74 Å². The molecule has 0 aromatic heterocycles. The fraction of sp³-hybridized carbons (Fsp3) is 1.00. The van der Waals surface area contributed by atoms with E-state index in [0.29, 0.717) is 18.2 Å². The maximum atomic E-state index is 5.94. The lowest BCUT2D eigenvalue weighted by molar-refractivity contribution is 0.0774. The SMILES string of the molecule is CC(C)CC(CC(C)C)NC1CCOC1C1CC1. The second-order valence-corrected chi connectivity index (χ2v) is 7.19. The Morgan fingerprint density at radius 3 is 2.11 bits per heavy atom. The highest BCUT2D eigenvalue weighted by Gasteiger charge is 2.41. The summed E-state index contributed by atoms with van der Waals surface area (Å²) < 4.78 is 5.94. The van der Waals surface area contributed by atoms with Gasteiger partial charge in [0.15, 0.2) is 0 Å². The largest absolute Gasteiger partial charge is 0.376 e. The minimum absolute atomic E-state index is 0.520. The third-order valence-electron chi connectivity index (χ3n) is 4.18. The fourth-order valence-corrected chi connectivity index (χ4v) is 3.35. The monoisotopic (exact) mass is 253 g/mol. The third-order valence-corrected chi connectivity index (χ3v) is 4.18. The van der Waals surface area contributed by atoms with Gasteiger partial charge in [-0.1, -0.05) is 27.7 Å². The normalized spacial score (nSPS) is 28.8. The van der Waals surface area contributed by atoms with E-state index < -0.39 is 0 Å². The predicted molar refractivity (Wildman–Crippen MR) is 76.7 cm³/mol. The van der Waals surface area contributed by atoms with Gasteiger partial charge in [0.25, 0.3) is 0 Å². The Hall–Kier alpha value is -0.0800. The summed E-state index contributed by atoms with van der Waals surface area (Å²) in [6, 6.07) is 1.30. The van der Waals surface area contributed by atoms with Crippen LogP contribution in [0.15, 0.2) is 0 Å². The van der Waals surface area contributed by atoms with E-state index in [1.807, 2.05) is 0 Å². The zero-order valence-electron chi connectivity index (χ0n) is 12.6. The van der Waals surface area contributed by atoms with Crippen LogP contribution in [-0.2, 0) is 4.74 Å². The van der Waals surface area contributed by atoms with E-state index in [9.17, 15) is 0 Å². The van der Waals surface area contributed by atoms with Crippen molar-refractivity contribution in [3.8, 4) is 0 Å². The summed E-state index contributed by atoms with van der Waals surface area (Å²) >= 11 is 0. The highest BCUT2D eigenvalue weighted by molar-refractivity contribution is 4.94. The minimum atomic E-state index is 0.520. The summed E-state index contributed by atoms with van der Waals surface area (Å²) in [7, 11) is 0. The molecule has 1 heterocycles. The van der Waals surface area contributed by atoms with Crippen molar-refractivity contribution in [2.24, 2.45) is 17.8 Å². The predicted octanol–water partition coefficient (Wildman–Crippen LogP) is 3.60. The van der Waals surface area contributed by atoms with Crippen LogP contribution in [0.2, 0.25) is 0 Å². The molecule has 0 spiro atoms. The third kappa shape index (κ3) is 4.24. The molecule has 2 aliphatic rings. The Bertz CT molecular complexity index is 237. The molecule has 0 radical (unpaired) electrons. The van der Waals surface area contributed by atoms with E-state index in [0.717, 1.165) is 24.4 Å². The van der Waals surface area contributed by atoms with Gasteiger partial charge in [-0.05, 0) is 49.9 Å².